The highest BCUT2D eigenvalue weighted by molar-refractivity contribution is 5.90. The van der Waals surface area contributed by atoms with Crippen LogP contribution in [0.1, 0.15) is 32.6 Å². The van der Waals surface area contributed by atoms with Crippen LogP contribution in [-0.2, 0) is 14.3 Å². The van der Waals surface area contributed by atoms with Crippen LogP contribution in [0.4, 0.5) is 4.79 Å². The van der Waals surface area contributed by atoms with Crippen LogP contribution in [0.3, 0.4) is 0 Å². The fraction of sp³-hybridized carbons (Fsp3) is 0.667. The van der Waals surface area contributed by atoms with E-state index < -0.39 is 17.2 Å². The summed E-state index contributed by atoms with van der Waals surface area (Å²) >= 11 is 0. The van der Waals surface area contributed by atoms with Gasteiger partial charge in [-0.1, -0.05) is 12.7 Å². The molecule has 0 aromatic heterocycles. The minimum atomic E-state index is -0.694. The molecule has 0 saturated heterocycles. The lowest BCUT2D eigenvalue weighted by molar-refractivity contribution is -0.166. The van der Waals surface area contributed by atoms with Gasteiger partial charge in [-0.2, -0.15) is 0 Å². The van der Waals surface area contributed by atoms with Gasteiger partial charge in [0, 0.05) is 6.42 Å². The number of rotatable bonds is 3. The molecule has 0 aliphatic heterocycles. The Bertz CT molecular complexity index is 349. The number of carbonyl (C=O) groups is 2. The highest BCUT2D eigenvalue weighted by Crippen LogP contribution is 2.60. The monoisotopic (exact) mass is 224 g/mol. The third-order valence-corrected chi connectivity index (χ3v) is 4.00. The topological polar surface area (TPSA) is 52.6 Å². The lowest BCUT2D eigenvalue weighted by Gasteiger charge is -2.50. The summed E-state index contributed by atoms with van der Waals surface area (Å²) in [6.45, 7) is 5.47. The summed E-state index contributed by atoms with van der Waals surface area (Å²) in [6.07, 6.45) is 3.49. The van der Waals surface area contributed by atoms with E-state index in [1.807, 2.05) is 6.92 Å². The molecule has 0 bridgehead atoms. The van der Waals surface area contributed by atoms with Crippen LogP contribution in [0.15, 0.2) is 12.7 Å². The minimum absolute atomic E-state index is 0.138. The Morgan fingerprint density at radius 3 is 2.75 bits per heavy atom. The molecule has 0 spiro atoms. The van der Waals surface area contributed by atoms with Gasteiger partial charge in [0.05, 0.1) is 5.41 Å². The van der Waals surface area contributed by atoms with Crippen LogP contribution in [0.25, 0.3) is 0 Å². The number of hydrogen-bond acceptors (Lipinski definition) is 4. The molecule has 2 saturated carbocycles. The second kappa shape index (κ2) is 3.61. The van der Waals surface area contributed by atoms with E-state index in [9.17, 15) is 9.59 Å². The Balaban J connectivity index is 2.02. The van der Waals surface area contributed by atoms with Crippen molar-refractivity contribution in [2.45, 2.75) is 38.2 Å². The predicted octanol–water partition coefficient (Wildman–Crippen LogP) is 2.23. The molecule has 0 N–H and O–H groups in total. The second-order valence-electron chi connectivity index (χ2n) is 4.70. The number of carbonyl (C=O) groups excluding carboxylic acids is 2. The first-order valence-electron chi connectivity index (χ1n) is 5.54. The number of ether oxygens (including phenoxy) is 2. The van der Waals surface area contributed by atoms with E-state index in [-0.39, 0.29) is 12.4 Å². The second-order valence-corrected chi connectivity index (χ2v) is 4.70. The van der Waals surface area contributed by atoms with Crippen LogP contribution in [0, 0.1) is 5.41 Å². The zero-order valence-corrected chi connectivity index (χ0v) is 9.45. The molecular weight excluding hydrogens is 208 g/mol. The Kier molecular flexibility index (Phi) is 2.52. The summed E-state index contributed by atoms with van der Waals surface area (Å²) in [4.78, 5) is 23.1. The predicted molar refractivity (Wildman–Crippen MR) is 56.9 cm³/mol. The average molecular weight is 224 g/mol. The summed E-state index contributed by atoms with van der Waals surface area (Å²) in [7, 11) is 0. The van der Waals surface area contributed by atoms with Gasteiger partial charge < -0.3 is 9.47 Å². The number of hydrogen-bond donors (Lipinski definition) is 0. The summed E-state index contributed by atoms with van der Waals surface area (Å²) in [5, 5.41) is 0. The molecule has 88 valence electrons. The fourth-order valence-electron chi connectivity index (χ4n) is 2.70. The van der Waals surface area contributed by atoms with Crippen molar-refractivity contribution in [3.05, 3.63) is 12.7 Å². The van der Waals surface area contributed by atoms with Gasteiger partial charge in [-0.05, 0) is 26.2 Å². The maximum absolute atomic E-state index is 11.7. The molecule has 0 unspecified atom stereocenters. The van der Waals surface area contributed by atoms with Gasteiger partial charge in [-0.3, -0.25) is 4.79 Å². The van der Waals surface area contributed by atoms with Crippen LogP contribution in [0.5, 0.6) is 0 Å². The molecule has 2 rings (SSSR count). The van der Waals surface area contributed by atoms with Gasteiger partial charge in [0.1, 0.15) is 18.0 Å². The molecule has 4 heteroatoms. The SMILES string of the molecule is C=CCOC(=O)O[C@@]12CCC(=O)[C@]1(C)CC2. The Labute approximate surface area is 94.6 Å². The van der Waals surface area contributed by atoms with Gasteiger partial charge in [-0.25, -0.2) is 4.79 Å². The van der Waals surface area contributed by atoms with Crippen LogP contribution < -0.4 is 0 Å². The summed E-state index contributed by atoms with van der Waals surface area (Å²) in [6, 6.07) is 0. The van der Waals surface area contributed by atoms with E-state index in [4.69, 9.17) is 9.47 Å². The quantitative estimate of drug-likeness (QED) is 0.545. The Morgan fingerprint density at radius 1 is 1.50 bits per heavy atom. The molecule has 0 radical (unpaired) electrons. The first kappa shape index (κ1) is 11.2. The standard InChI is InChI=1S/C12H16O4/c1-3-8-15-10(14)16-12-5-4-9(13)11(12,2)6-7-12/h3H,1,4-8H2,2H3/t11-,12+/m0/s1. The van der Waals surface area contributed by atoms with Gasteiger partial charge in [0.15, 0.2) is 0 Å². The Hall–Kier alpha value is -1.32. The minimum Gasteiger partial charge on any atom is -0.430 e. The van der Waals surface area contributed by atoms with E-state index in [0.717, 1.165) is 12.8 Å². The first-order chi connectivity index (χ1) is 7.54. The van der Waals surface area contributed by atoms with E-state index >= 15 is 0 Å². The Morgan fingerprint density at radius 2 is 2.25 bits per heavy atom. The average Bonchev–Trinajstić information content (AvgIpc) is 2.42. The fourth-order valence-corrected chi connectivity index (χ4v) is 2.70. The first-order valence-corrected chi connectivity index (χ1v) is 5.54. The lowest BCUT2D eigenvalue weighted by atomic mass is 9.59. The third-order valence-electron chi connectivity index (χ3n) is 4.00. The van der Waals surface area contributed by atoms with E-state index in [0.29, 0.717) is 12.8 Å². The van der Waals surface area contributed by atoms with Gasteiger partial charge >= 0.3 is 6.16 Å². The van der Waals surface area contributed by atoms with Crippen molar-refractivity contribution in [1.29, 1.82) is 0 Å². The number of Topliss-reactive ketones (excluding diaryl/α,β-unsaturated/α-hetero) is 1. The molecule has 0 aromatic rings. The number of fused-ring (bicyclic) bond motifs is 1. The van der Waals surface area contributed by atoms with Gasteiger partial charge in [-0.15, -0.1) is 0 Å². The highest BCUT2D eigenvalue weighted by atomic mass is 16.7. The smallest absolute Gasteiger partial charge is 0.430 e. The van der Waals surface area contributed by atoms with Crippen molar-refractivity contribution in [3.63, 3.8) is 0 Å². The zero-order valence-electron chi connectivity index (χ0n) is 9.45. The number of ketones is 1. The molecule has 2 aliphatic carbocycles. The molecule has 4 nitrogen and oxygen atoms in total. The summed E-state index contributed by atoms with van der Waals surface area (Å²) in [5.41, 5.74) is -1.07. The maximum atomic E-state index is 11.7. The van der Waals surface area contributed by atoms with Crippen molar-refractivity contribution < 1.29 is 19.1 Å². The van der Waals surface area contributed by atoms with Crippen LogP contribution >= 0.6 is 0 Å². The molecule has 0 aromatic carbocycles. The summed E-state index contributed by atoms with van der Waals surface area (Å²) < 4.78 is 10.1. The van der Waals surface area contributed by atoms with E-state index in [1.165, 1.54) is 6.08 Å². The van der Waals surface area contributed by atoms with Gasteiger partial charge in [0.2, 0.25) is 0 Å². The van der Waals surface area contributed by atoms with Crippen LogP contribution in [-0.4, -0.2) is 24.1 Å². The zero-order chi connectivity index (χ0) is 11.8. The largest absolute Gasteiger partial charge is 0.509 e. The van der Waals surface area contributed by atoms with Crippen molar-refractivity contribution in [1.82, 2.24) is 0 Å². The van der Waals surface area contributed by atoms with Crippen molar-refractivity contribution in [2.75, 3.05) is 6.61 Å². The van der Waals surface area contributed by atoms with Crippen molar-refractivity contribution in [2.24, 2.45) is 5.41 Å². The molecule has 2 aliphatic rings. The molecule has 0 amide bonds. The molecule has 2 atom stereocenters. The molecule has 0 heterocycles. The molecule has 2 fully saturated rings. The van der Waals surface area contributed by atoms with E-state index in [1.54, 1.807) is 0 Å². The third kappa shape index (κ3) is 1.36. The van der Waals surface area contributed by atoms with E-state index in [2.05, 4.69) is 6.58 Å². The highest BCUT2D eigenvalue weighted by Gasteiger charge is 2.66. The lowest BCUT2D eigenvalue weighted by Crippen LogP contribution is -2.57. The van der Waals surface area contributed by atoms with Crippen molar-refractivity contribution >= 4 is 11.9 Å². The van der Waals surface area contributed by atoms with Crippen LogP contribution in [0.2, 0.25) is 0 Å². The normalized spacial score (nSPS) is 36.2. The van der Waals surface area contributed by atoms with Gasteiger partial charge in [0.25, 0.3) is 0 Å². The summed E-state index contributed by atoms with van der Waals surface area (Å²) in [5.74, 6) is 0.204. The van der Waals surface area contributed by atoms with Crippen molar-refractivity contribution in [3.8, 4) is 0 Å². The molecule has 16 heavy (non-hydrogen) atoms. The molecular formula is C12H16O4. The maximum Gasteiger partial charge on any atom is 0.509 e.